The smallest absolute Gasteiger partial charge is 0.346 e. The van der Waals surface area contributed by atoms with Crippen molar-refractivity contribution in [2.45, 2.75) is 135 Å². The maximum Gasteiger partial charge on any atom is 0.346 e. The number of hydrogen-bond acceptors (Lipinski definition) is 23. The highest BCUT2D eigenvalue weighted by Crippen LogP contribution is 2.40. The first-order valence-corrected chi connectivity index (χ1v) is 33.6. The van der Waals surface area contributed by atoms with Gasteiger partial charge in [0, 0.05) is 77.2 Å². The molecular weight excluding hydrogens is 1340 g/mol. The minimum absolute atomic E-state index is 0.0150. The average molecular weight is 1420 g/mol. The second-order valence-corrected chi connectivity index (χ2v) is 24.2. The van der Waals surface area contributed by atoms with Crippen LogP contribution in [0.1, 0.15) is 157 Å². The zero-order chi connectivity index (χ0) is 70.8. The number of phenolic OH excluding ortho intramolecular Hbond substituents is 6. The molecule has 1 unspecified atom stereocenters. The Morgan fingerprint density at radius 1 is 0.469 bits per heavy atom. The van der Waals surface area contributed by atoms with Crippen LogP contribution in [-0.2, 0) is 71.8 Å². The van der Waals surface area contributed by atoms with Crippen molar-refractivity contribution in [2.75, 3.05) is 80.0 Å². The number of carbonyl (C=O) groups excluding carboxylic acids is 6. The highest BCUT2D eigenvalue weighted by atomic mass is 35.5. The minimum Gasteiger partial charge on any atom is -0.507 e. The number of benzene rings is 3. The van der Waals surface area contributed by atoms with Crippen LogP contribution in [-0.4, -0.2) is 179 Å². The molecule has 6 N–H and O–H groups in total. The van der Waals surface area contributed by atoms with E-state index < -0.39 is 53.5 Å². The predicted molar refractivity (Wildman–Crippen MR) is 367 cm³/mol. The van der Waals surface area contributed by atoms with Gasteiger partial charge < -0.3 is 78.6 Å². The van der Waals surface area contributed by atoms with Gasteiger partial charge in [0.05, 0.1) is 65.2 Å². The zero-order valence-corrected chi connectivity index (χ0v) is 57.3. The van der Waals surface area contributed by atoms with Crippen molar-refractivity contribution in [3.8, 4) is 34.5 Å². The SMILES string of the molecule is COC(=O)CON=C1/C=C/CC/C=C/CCOC(=O)c2c(O)cc(O)c(Cl)c2C1.COC1CC/C=C/CCOC(=O)c2c(O)cc(O)c(Cl)c2C/C(=N/OCC(=O)N2CCCCC2)C1.O=C1OCC/C=C/CC/C=C/C(=NOCC(=O)N2CCCCCC2)Cc2c(Cl)c(O)cc(O)c21. The summed E-state index contributed by atoms with van der Waals surface area (Å²) in [5.41, 5.74) is 1.18. The predicted octanol–water partition coefficient (Wildman–Crippen LogP) is 11.8. The summed E-state index contributed by atoms with van der Waals surface area (Å²) < 4.78 is 25.9. The van der Waals surface area contributed by atoms with E-state index in [1.165, 1.54) is 7.11 Å². The fraction of sp³-hybridized carbons (Fsp3) is 0.471. The number of oxime groups is 3. The topological polar surface area (TPSA) is 341 Å². The number of nitrogens with zero attached hydrogens (tertiary/aromatic N) is 5. The fourth-order valence-corrected chi connectivity index (χ4v) is 11.3. The van der Waals surface area contributed by atoms with Crippen LogP contribution in [0.5, 0.6) is 34.5 Å². The van der Waals surface area contributed by atoms with Crippen LogP contribution in [0.3, 0.4) is 0 Å². The van der Waals surface area contributed by atoms with Crippen LogP contribution in [0.4, 0.5) is 0 Å². The van der Waals surface area contributed by atoms with Crippen molar-refractivity contribution in [2.24, 2.45) is 15.5 Å². The summed E-state index contributed by atoms with van der Waals surface area (Å²) in [6.45, 7) is 2.45. The van der Waals surface area contributed by atoms with E-state index in [4.69, 9.17) is 68.3 Å². The molecule has 1 atom stereocenters. The summed E-state index contributed by atoms with van der Waals surface area (Å²) in [7, 11) is 2.83. The van der Waals surface area contributed by atoms with Gasteiger partial charge >= 0.3 is 23.9 Å². The number of carbonyl (C=O) groups is 6. The molecule has 3 aromatic carbocycles. The molecule has 2 amide bonds. The number of likely N-dealkylation sites (tertiary alicyclic amines) is 2. The lowest BCUT2D eigenvalue weighted by Gasteiger charge is -2.26. The molecule has 98 heavy (non-hydrogen) atoms. The Labute approximate surface area is 584 Å². The normalized spacial score (nSPS) is 20.8. The maximum atomic E-state index is 12.8. The van der Waals surface area contributed by atoms with Gasteiger partial charge in [0.1, 0.15) is 51.2 Å². The summed E-state index contributed by atoms with van der Waals surface area (Å²) in [5, 5.41) is 73.3. The van der Waals surface area contributed by atoms with E-state index >= 15 is 0 Å². The van der Waals surface area contributed by atoms with Gasteiger partial charge in [-0.15, -0.1) is 0 Å². The van der Waals surface area contributed by atoms with Gasteiger partial charge in [-0.25, -0.2) is 19.2 Å². The Hall–Kier alpha value is -8.78. The molecule has 2 fully saturated rings. The first kappa shape index (κ1) is 78.2. The third-order valence-electron chi connectivity index (χ3n) is 15.8. The Balaban J connectivity index is 0.000000233. The first-order valence-electron chi connectivity index (χ1n) is 32.5. The standard InChI is InChI=1S/C25H33ClN2O7.C25H31ClN2O6.C20H22ClNO7/c1-33-18-9-5-2-3-8-12-34-25(32)23-19(24(26)21(30)15-20(23)29)14-17(13-18)27-35-16-22(31)28-10-6-4-7-11-28;26-24-19-15-18(27-34-17-22(31)28-12-8-4-5-9-13-28)11-7-3-1-2-6-10-14-33-25(32)23(19)20(29)16-21(24)30;1-27-17(25)12-29-22-13-8-6-4-2-3-5-7-9-28-20(26)18-14(10-13)19(21)16(24)11-15(18)23/h2-3,15,18,29-30H,4-14,16H2,1H3;2,6-7,11,16,29-30H,1,3-5,8-10,12-15,17H2;3,5-6,8,11,23-24H,2,4,7,9-10,12H2,1H3/b3-2+,27-17+;6-2+,11-7+,27-18?;5-3+,8-6+,22-13?. The van der Waals surface area contributed by atoms with Crippen LogP contribution in [0.2, 0.25) is 15.1 Å². The number of allylic oxidation sites excluding steroid dienone is 7. The number of cyclic esters (lactones) is 3. The Bertz CT molecular complexity index is 3480. The van der Waals surface area contributed by atoms with Crippen molar-refractivity contribution in [3.05, 3.63) is 127 Å². The number of hydrogen-bond donors (Lipinski definition) is 6. The second-order valence-electron chi connectivity index (χ2n) is 23.0. The Morgan fingerprint density at radius 3 is 1.23 bits per heavy atom. The number of phenols is 6. The van der Waals surface area contributed by atoms with Gasteiger partial charge in [-0.05, 0) is 119 Å². The van der Waals surface area contributed by atoms with Crippen LogP contribution < -0.4 is 0 Å². The molecular formula is C70H86Cl3N5O20. The molecule has 5 aliphatic heterocycles. The summed E-state index contributed by atoms with van der Waals surface area (Å²) >= 11 is 18.9. The van der Waals surface area contributed by atoms with E-state index in [-0.39, 0.29) is 130 Å². The number of amides is 2. The summed E-state index contributed by atoms with van der Waals surface area (Å²) in [4.78, 5) is 93.6. The number of piperidine rings is 1. The van der Waals surface area contributed by atoms with E-state index in [2.05, 4.69) is 20.2 Å². The molecule has 25 nitrogen and oxygen atoms in total. The minimum atomic E-state index is -0.774. The fourth-order valence-electron chi connectivity index (χ4n) is 10.7. The average Bonchev–Trinajstić information content (AvgIpc) is 0.839. The Kier molecular flexibility index (Phi) is 33.6. The van der Waals surface area contributed by atoms with Crippen LogP contribution >= 0.6 is 34.8 Å². The summed E-state index contributed by atoms with van der Waals surface area (Å²) in [6, 6.07) is 2.99. The molecule has 3 aromatic rings. The molecule has 28 heteroatoms. The molecule has 0 radical (unpaired) electrons. The number of methoxy groups -OCH3 is 2. The van der Waals surface area contributed by atoms with E-state index in [0.717, 1.165) is 108 Å². The number of fused-ring (bicyclic) bond motifs is 3. The van der Waals surface area contributed by atoms with E-state index in [0.29, 0.717) is 62.3 Å². The van der Waals surface area contributed by atoms with Crippen molar-refractivity contribution in [3.63, 3.8) is 0 Å². The van der Waals surface area contributed by atoms with E-state index in [1.54, 1.807) is 29.1 Å². The van der Waals surface area contributed by atoms with Gasteiger partial charge in [-0.3, -0.25) is 9.59 Å². The largest absolute Gasteiger partial charge is 0.507 e. The van der Waals surface area contributed by atoms with E-state index in [9.17, 15) is 59.4 Å². The number of esters is 4. The van der Waals surface area contributed by atoms with Crippen molar-refractivity contribution in [1.82, 2.24) is 9.80 Å². The van der Waals surface area contributed by atoms with Crippen molar-refractivity contribution >= 4 is 87.6 Å². The molecule has 5 heterocycles. The quantitative estimate of drug-likeness (QED) is 0.0475. The molecule has 0 aliphatic carbocycles. The molecule has 0 saturated carbocycles. The highest BCUT2D eigenvalue weighted by molar-refractivity contribution is 6.34. The van der Waals surface area contributed by atoms with Gasteiger partial charge in [-0.1, -0.05) is 112 Å². The third kappa shape index (κ3) is 25.3. The van der Waals surface area contributed by atoms with E-state index in [1.807, 2.05) is 48.6 Å². The lowest BCUT2D eigenvalue weighted by atomic mass is 9.96. The van der Waals surface area contributed by atoms with Gasteiger partial charge in [0.2, 0.25) is 6.61 Å². The molecule has 5 aliphatic rings. The monoisotopic (exact) mass is 1420 g/mol. The van der Waals surface area contributed by atoms with Gasteiger partial charge in [0.15, 0.2) is 13.2 Å². The molecule has 0 bridgehead atoms. The number of halogens is 3. The van der Waals surface area contributed by atoms with Crippen LogP contribution in [0, 0.1) is 0 Å². The highest BCUT2D eigenvalue weighted by Gasteiger charge is 2.29. The third-order valence-corrected chi connectivity index (χ3v) is 17.1. The first-order chi connectivity index (χ1) is 47.3. The second kappa shape index (κ2) is 42.1. The molecule has 2 saturated heterocycles. The summed E-state index contributed by atoms with van der Waals surface area (Å²) in [6.07, 6.45) is 32.3. The molecule has 8 rings (SSSR count). The lowest BCUT2D eigenvalue weighted by Crippen LogP contribution is -2.37. The van der Waals surface area contributed by atoms with Crippen LogP contribution in [0.15, 0.2) is 94.4 Å². The van der Waals surface area contributed by atoms with Crippen molar-refractivity contribution < 1.29 is 97.6 Å². The van der Waals surface area contributed by atoms with Crippen molar-refractivity contribution in [1.29, 1.82) is 0 Å². The number of ether oxygens (including phenoxy) is 5. The lowest BCUT2D eigenvalue weighted by molar-refractivity contribution is -0.145. The zero-order valence-electron chi connectivity index (χ0n) is 55.1. The molecule has 532 valence electrons. The Morgan fingerprint density at radius 2 is 0.827 bits per heavy atom. The van der Waals surface area contributed by atoms with Gasteiger partial charge in [-0.2, -0.15) is 0 Å². The maximum absolute atomic E-state index is 12.8. The molecule has 0 aromatic heterocycles. The number of rotatable bonds is 10. The van der Waals surface area contributed by atoms with Gasteiger partial charge in [0.25, 0.3) is 11.8 Å². The molecule has 0 spiro atoms. The van der Waals surface area contributed by atoms with Crippen LogP contribution in [0.25, 0.3) is 0 Å². The number of aromatic hydroxyl groups is 6. The summed E-state index contributed by atoms with van der Waals surface area (Å²) in [5.74, 6) is -5.63.